The summed E-state index contributed by atoms with van der Waals surface area (Å²) in [6, 6.07) is 4.91. The number of carbonyl (C=O) groups is 1. The molecule has 2 aromatic rings. The predicted molar refractivity (Wildman–Crippen MR) is 69.8 cm³/mol. The van der Waals surface area contributed by atoms with Gasteiger partial charge in [0.25, 0.3) is 5.91 Å². The molecule has 0 saturated carbocycles. The van der Waals surface area contributed by atoms with Crippen molar-refractivity contribution in [3.05, 3.63) is 35.9 Å². The summed E-state index contributed by atoms with van der Waals surface area (Å²) in [5, 5.41) is 9.24. The molecular weight excluding hydrogens is 246 g/mol. The molecule has 0 saturated heterocycles. The number of aromatic nitrogens is 3. The van der Waals surface area contributed by atoms with Crippen LogP contribution in [0.5, 0.6) is 5.75 Å². The van der Waals surface area contributed by atoms with Crippen molar-refractivity contribution in [2.75, 3.05) is 19.4 Å². The number of nitrogens with zero attached hydrogens (tertiary/aromatic N) is 2. The van der Waals surface area contributed by atoms with Crippen molar-refractivity contribution in [2.24, 2.45) is 0 Å². The third-order valence-electron chi connectivity index (χ3n) is 2.61. The molecule has 0 bridgehead atoms. The van der Waals surface area contributed by atoms with E-state index in [-0.39, 0.29) is 5.91 Å². The lowest BCUT2D eigenvalue weighted by Gasteiger charge is -2.08. The molecule has 1 aromatic carbocycles. The van der Waals surface area contributed by atoms with Crippen LogP contribution in [0.4, 0.5) is 5.69 Å². The fourth-order valence-corrected chi connectivity index (χ4v) is 1.60. The van der Waals surface area contributed by atoms with Crippen LogP contribution in [-0.2, 0) is 6.42 Å². The number of hydrogen-bond donors (Lipinski definition) is 3. The largest absolute Gasteiger partial charge is 0.495 e. The fourth-order valence-electron chi connectivity index (χ4n) is 1.60. The third kappa shape index (κ3) is 3.21. The Bertz CT molecular complexity index is 553. The number of benzene rings is 1. The van der Waals surface area contributed by atoms with Gasteiger partial charge in [-0.2, -0.15) is 5.10 Å². The van der Waals surface area contributed by atoms with Gasteiger partial charge in [0.2, 0.25) is 0 Å². The number of nitrogen functional groups attached to an aromatic ring is 1. The molecular formula is C12H15N5O2. The van der Waals surface area contributed by atoms with Crippen LogP contribution in [0.2, 0.25) is 0 Å². The van der Waals surface area contributed by atoms with Crippen molar-refractivity contribution in [1.82, 2.24) is 20.5 Å². The zero-order chi connectivity index (χ0) is 13.7. The average molecular weight is 261 g/mol. The highest BCUT2D eigenvalue weighted by atomic mass is 16.5. The number of nitrogens with two attached hydrogens (primary N) is 1. The van der Waals surface area contributed by atoms with Crippen LogP contribution in [0.1, 0.15) is 16.2 Å². The number of ether oxygens (including phenoxy) is 1. The summed E-state index contributed by atoms with van der Waals surface area (Å²) in [5.74, 6) is 1.04. The number of nitrogens with one attached hydrogen (secondary N) is 2. The molecule has 1 heterocycles. The molecule has 1 amide bonds. The quantitative estimate of drug-likeness (QED) is 0.674. The lowest BCUT2D eigenvalue weighted by molar-refractivity contribution is 0.0953. The Labute approximate surface area is 110 Å². The van der Waals surface area contributed by atoms with Gasteiger partial charge < -0.3 is 15.8 Å². The first-order valence-corrected chi connectivity index (χ1v) is 5.76. The summed E-state index contributed by atoms with van der Waals surface area (Å²) in [6.45, 7) is 0.473. The monoisotopic (exact) mass is 261 g/mol. The lowest BCUT2D eigenvalue weighted by Crippen LogP contribution is -2.26. The molecule has 7 heteroatoms. The second kappa shape index (κ2) is 5.85. The van der Waals surface area contributed by atoms with Crippen LogP contribution in [0, 0.1) is 0 Å². The Morgan fingerprint density at radius 1 is 1.53 bits per heavy atom. The standard InChI is InChI=1S/C12H15N5O2/c1-19-10-6-8(2-3-9(10)13)12(18)14-5-4-11-15-7-16-17-11/h2-3,6-7H,4-5,13H2,1H3,(H,14,18)(H,15,16,17). The molecule has 0 aliphatic carbocycles. The van der Waals surface area contributed by atoms with Gasteiger partial charge in [-0.15, -0.1) is 0 Å². The molecule has 100 valence electrons. The third-order valence-corrected chi connectivity index (χ3v) is 2.61. The van der Waals surface area contributed by atoms with Crippen LogP contribution in [-0.4, -0.2) is 34.7 Å². The number of H-pyrrole nitrogens is 1. The van der Waals surface area contributed by atoms with Gasteiger partial charge in [0.1, 0.15) is 17.9 Å². The first kappa shape index (κ1) is 12.9. The predicted octanol–water partition coefficient (Wildman–Crippen LogP) is 0.368. The van der Waals surface area contributed by atoms with E-state index in [4.69, 9.17) is 10.5 Å². The van der Waals surface area contributed by atoms with Gasteiger partial charge in [-0.25, -0.2) is 4.98 Å². The van der Waals surface area contributed by atoms with Gasteiger partial charge >= 0.3 is 0 Å². The van der Waals surface area contributed by atoms with E-state index in [1.54, 1.807) is 18.2 Å². The summed E-state index contributed by atoms with van der Waals surface area (Å²) < 4.78 is 5.07. The minimum Gasteiger partial charge on any atom is -0.495 e. The first-order valence-electron chi connectivity index (χ1n) is 5.76. The molecule has 0 unspecified atom stereocenters. The number of amides is 1. The van der Waals surface area contributed by atoms with Gasteiger partial charge in [0.15, 0.2) is 0 Å². The maximum absolute atomic E-state index is 11.9. The summed E-state index contributed by atoms with van der Waals surface area (Å²) >= 11 is 0. The Hall–Kier alpha value is -2.57. The maximum atomic E-state index is 11.9. The van der Waals surface area contributed by atoms with Gasteiger partial charge in [0, 0.05) is 18.5 Å². The van der Waals surface area contributed by atoms with Gasteiger partial charge in [-0.3, -0.25) is 9.89 Å². The second-order valence-corrected chi connectivity index (χ2v) is 3.89. The van der Waals surface area contributed by atoms with Crippen LogP contribution >= 0.6 is 0 Å². The molecule has 0 aliphatic heterocycles. The van der Waals surface area contributed by atoms with Crippen molar-refractivity contribution in [1.29, 1.82) is 0 Å². The normalized spacial score (nSPS) is 10.2. The van der Waals surface area contributed by atoms with E-state index in [2.05, 4.69) is 20.5 Å². The Balaban J connectivity index is 1.92. The molecule has 0 aliphatic rings. The van der Waals surface area contributed by atoms with Crippen molar-refractivity contribution < 1.29 is 9.53 Å². The SMILES string of the molecule is COc1cc(C(=O)NCCc2ncn[nH]2)ccc1N. The number of rotatable bonds is 5. The summed E-state index contributed by atoms with van der Waals surface area (Å²) in [5.41, 5.74) is 6.69. The molecule has 0 atom stereocenters. The molecule has 1 aromatic heterocycles. The fraction of sp³-hybridized carbons (Fsp3) is 0.250. The highest BCUT2D eigenvalue weighted by Crippen LogP contribution is 2.21. The molecule has 7 nitrogen and oxygen atoms in total. The Morgan fingerprint density at radius 2 is 2.37 bits per heavy atom. The van der Waals surface area contributed by atoms with Crippen molar-refractivity contribution in [2.45, 2.75) is 6.42 Å². The molecule has 4 N–H and O–H groups in total. The zero-order valence-corrected chi connectivity index (χ0v) is 10.5. The van der Waals surface area contributed by atoms with Crippen LogP contribution in [0.15, 0.2) is 24.5 Å². The molecule has 0 radical (unpaired) electrons. The topological polar surface area (TPSA) is 106 Å². The minimum atomic E-state index is -0.183. The van der Waals surface area contributed by atoms with Crippen LogP contribution in [0.3, 0.4) is 0 Å². The molecule has 0 fully saturated rings. The van der Waals surface area contributed by atoms with Crippen LogP contribution < -0.4 is 15.8 Å². The van der Waals surface area contributed by atoms with E-state index in [1.165, 1.54) is 13.4 Å². The summed E-state index contributed by atoms with van der Waals surface area (Å²) in [7, 11) is 1.51. The van der Waals surface area contributed by atoms with Gasteiger partial charge in [-0.05, 0) is 18.2 Å². The van der Waals surface area contributed by atoms with Crippen molar-refractivity contribution >= 4 is 11.6 Å². The number of hydrogen-bond acceptors (Lipinski definition) is 5. The smallest absolute Gasteiger partial charge is 0.251 e. The highest BCUT2D eigenvalue weighted by Gasteiger charge is 2.08. The van der Waals surface area contributed by atoms with E-state index < -0.39 is 0 Å². The zero-order valence-electron chi connectivity index (χ0n) is 10.5. The molecule has 2 rings (SSSR count). The molecule has 0 spiro atoms. The minimum absolute atomic E-state index is 0.183. The van der Waals surface area contributed by atoms with Gasteiger partial charge in [-0.1, -0.05) is 0 Å². The summed E-state index contributed by atoms with van der Waals surface area (Å²) in [4.78, 5) is 15.9. The highest BCUT2D eigenvalue weighted by molar-refractivity contribution is 5.95. The summed E-state index contributed by atoms with van der Waals surface area (Å²) in [6.07, 6.45) is 2.03. The first-order chi connectivity index (χ1) is 9.20. The molecule has 19 heavy (non-hydrogen) atoms. The average Bonchev–Trinajstić information content (AvgIpc) is 2.92. The second-order valence-electron chi connectivity index (χ2n) is 3.89. The number of carbonyl (C=O) groups excluding carboxylic acids is 1. The van der Waals surface area contributed by atoms with E-state index in [1.807, 2.05) is 0 Å². The number of anilines is 1. The van der Waals surface area contributed by atoms with Crippen LogP contribution in [0.25, 0.3) is 0 Å². The van der Waals surface area contributed by atoms with Gasteiger partial charge in [0.05, 0.1) is 12.8 Å². The Kier molecular flexibility index (Phi) is 3.97. The van der Waals surface area contributed by atoms with E-state index in [9.17, 15) is 4.79 Å². The van der Waals surface area contributed by atoms with E-state index in [0.29, 0.717) is 30.0 Å². The van der Waals surface area contributed by atoms with Crippen molar-refractivity contribution in [3.63, 3.8) is 0 Å². The lowest BCUT2D eigenvalue weighted by atomic mass is 10.1. The van der Waals surface area contributed by atoms with Crippen molar-refractivity contribution in [3.8, 4) is 5.75 Å². The number of methoxy groups -OCH3 is 1. The number of aromatic amines is 1. The van der Waals surface area contributed by atoms with E-state index in [0.717, 1.165) is 5.82 Å². The van der Waals surface area contributed by atoms with E-state index >= 15 is 0 Å². The Morgan fingerprint density at radius 3 is 3.05 bits per heavy atom. The maximum Gasteiger partial charge on any atom is 0.251 e.